The summed E-state index contributed by atoms with van der Waals surface area (Å²) >= 11 is 5.63. The van der Waals surface area contributed by atoms with Gasteiger partial charge in [-0.15, -0.1) is 0 Å². The van der Waals surface area contributed by atoms with Gasteiger partial charge < -0.3 is 9.94 Å². The van der Waals surface area contributed by atoms with Crippen LogP contribution in [0.25, 0.3) is 0 Å². The first-order valence-electron chi connectivity index (χ1n) is 5.64. The number of hydrogen-bond acceptors (Lipinski definition) is 3. The number of ether oxygens (including phenoxy) is 1. The molecule has 1 unspecified atom stereocenters. The van der Waals surface area contributed by atoms with Gasteiger partial charge in [0.25, 0.3) is 0 Å². The molecular weight excluding hydrogens is 257 g/mol. The molecular formula is C13H13ClFNO2. The zero-order valence-corrected chi connectivity index (χ0v) is 10.4. The maximum Gasteiger partial charge on any atom is 0.149 e. The van der Waals surface area contributed by atoms with Gasteiger partial charge in [-0.2, -0.15) is 0 Å². The van der Waals surface area contributed by atoms with Gasteiger partial charge >= 0.3 is 0 Å². The molecule has 0 amide bonds. The first kappa shape index (κ1) is 12.9. The second-order valence-corrected chi connectivity index (χ2v) is 4.57. The molecule has 1 aliphatic heterocycles. The summed E-state index contributed by atoms with van der Waals surface area (Å²) in [6.07, 6.45) is 3.66. The van der Waals surface area contributed by atoms with Gasteiger partial charge in [-0.25, -0.2) is 4.39 Å². The van der Waals surface area contributed by atoms with Crippen molar-refractivity contribution in [2.75, 3.05) is 0 Å². The standard InChI is InChI=1S/C13H13ClFNO2/c14-13(16-17)8-12-6-5-11(18-12)7-9-1-3-10(15)4-2-9/h1-5,12,17H,6-8H2/b16-13-. The first-order valence-corrected chi connectivity index (χ1v) is 6.01. The Labute approximate surface area is 110 Å². The van der Waals surface area contributed by atoms with E-state index in [9.17, 15) is 4.39 Å². The molecule has 0 radical (unpaired) electrons. The minimum Gasteiger partial charge on any atom is -0.494 e. The Bertz CT molecular complexity index is 470. The Kier molecular flexibility index (Phi) is 4.20. The highest BCUT2D eigenvalue weighted by Crippen LogP contribution is 2.23. The molecule has 1 atom stereocenters. The lowest BCUT2D eigenvalue weighted by Gasteiger charge is -2.12. The quantitative estimate of drug-likeness (QED) is 0.517. The van der Waals surface area contributed by atoms with Crippen molar-refractivity contribution in [3.8, 4) is 0 Å². The molecule has 0 aliphatic carbocycles. The molecule has 0 bridgehead atoms. The predicted octanol–water partition coefficient (Wildman–Crippen LogP) is 3.46. The van der Waals surface area contributed by atoms with Crippen LogP contribution in [0.4, 0.5) is 4.39 Å². The van der Waals surface area contributed by atoms with Crippen molar-refractivity contribution in [2.24, 2.45) is 5.16 Å². The van der Waals surface area contributed by atoms with Gasteiger partial charge in [-0.05, 0) is 23.8 Å². The van der Waals surface area contributed by atoms with Crippen molar-refractivity contribution < 1.29 is 14.3 Å². The normalized spacial score (nSPS) is 19.6. The van der Waals surface area contributed by atoms with E-state index < -0.39 is 0 Å². The molecule has 1 aromatic carbocycles. The summed E-state index contributed by atoms with van der Waals surface area (Å²) in [4.78, 5) is 0. The van der Waals surface area contributed by atoms with Gasteiger partial charge in [-0.1, -0.05) is 28.9 Å². The monoisotopic (exact) mass is 269 g/mol. The molecule has 1 N–H and O–H groups in total. The molecule has 0 spiro atoms. The highest BCUT2D eigenvalue weighted by atomic mass is 35.5. The molecule has 0 fully saturated rings. The third-order valence-corrected chi connectivity index (χ3v) is 2.95. The lowest BCUT2D eigenvalue weighted by atomic mass is 10.1. The van der Waals surface area contributed by atoms with Crippen LogP contribution in [0.15, 0.2) is 41.3 Å². The van der Waals surface area contributed by atoms with Crippen LogP contribution in [-0.4, -0.2) is 16.5 Å². The summed E-state index contributed by atoms with van der Waals surface area (Å²) in [5.41, 5.74) is 0.991. The van der Waals surface area contributed by atoms with Crippen LogP contribution in [0.1, 0.15) is 18.4 Å². The van der Waals surface area contributed by atoms with E-state index in [1.54, 1.807) is 12.1 Å². The second kappa shape index (κ2) is 5.87. The Morgan fingerprint density at radius 3 is 2.83 bits per heavy atom. The van der Waals surface area contributed by atoms with Crippen LogP contribution in [0.2, 0.25) is 0 Å². The smallest absolute Gasteiger partial charge is 0.149 e. The lowest BCUT2D eigenvalue weighted by Crippen LogP contribution is -2.10. The first-order chi connectivity index (χ1) is 8.67. The van der Waals surface area contributed by atoms with Gasteiger partial charge in [-0.3, -0.25) is 0 Å². The fourth-order valence-electron chi connectivity index (χ4n) is 1.84. The summed E-state index contributed by atoms with van der Waals surface area (Å²) < 4.78 is 18.4. The van der Waals surface area contributed by atoms with Gasteiger partial charge in [0, 0.05) is 19.3 Å². The molecule has 96 valence electrons. The Hall–Kier alpha value is -1.55. The van der Waals surface area contributed by atoms with Crippen LogP contribution in [0, 0.1) is 5.82 Å². The van der Waals surface area contributed by atoms with Gasteiger partial charge in [0.1, 0.15) is 17.1 Å². The minimum atomic E-state index is -0.246. The summed E-state index contributed by atoms with van der Waals surface area (Å²) in [7, 11) is 0. The molecule has 18 heavy (non-hydrogen) atoms. The van der Waals surface area contributed by atoms with Crippen LogP contribution >= 0.6 is 11.6 Å². The molecule has 0 saturated carbocycles. The van der Waals surface area contributed by atoms with Gasteiger partial charge in [0.15, 0.2) is 0 Å². The van der Waals surface area contributed by atoms with Crippen LogP contribution in [0.5, 0.6) is 0 Å². The Morgan fingerprint density at radius 2 is 2.17 bits per heavy atom. The van der Waals surface area contributed by atoms with E-state index in [0.717, 1.165) is 17.7 Å². The lowest BCUT2D eigenvalue weighted by molar-refractivity contribution is 0.145. The van der Waals surface area contributed by atoms with Crippen molar-refractivity contribution in [3.63, 3.8) is 0 Å². The van der Waals surface area contributed by atoms with E-state index in [1.165, 1.54) is 12.1 Å². The van der Waals surface area contributed by atoms with Crippen molar-refractivity contribution >= 4 is 16.8 Å². The Balaban J connectivity index is 1.87. The van der Waals surface area contributed by atoms with Crippen molar-refractivity contribution in [3.05, 3.63) is 47.5 Å². The van der Waals surface area contributed by atoms with E-state index in [2.05, 4.69) is 5.16 Å². The highest BCUT2D eigenvalue weighted by molar-refractivity contribution is 6.65. The molecule has 3 nitrogen and oxygen atoms in total. The molecule has 1 aromatic rings. The largest absolute Gasteiger partial charge is 0.494 e. The number of benzene rings is 1. The number of halogens is 2. The van der Waals surface area contributed by atoms with E-state index in [-0.39, 0.29) is 17.1 Å². The zero-order valence-electron chi connectivity index (χ0n) is 9.64. The topological polar surface area (TPSA) is 41.8 Å². The number of nitrogens with zero attached hydrogens (tertiary/aromatic N) is 1. The van der Waals surface area contributed by atoms with Crippen molar-refractivity contribution in [2.45, 2.75) is 25.4 Å². The van der Waals surface area contributed by atoms with E-state index in [1.807, 2.05) is 6.08 Å². The van der Waals surface area contributed by atoms with E-state index in [0.29, 0.717) is 12.8 Å². The molecule has 1 aliphatic rings. The Morgan fingerprint density at radius 1 is 1.44 bits per heavy atom. The number of oxime groups is 1. The van der Waals surface area contributed by atoms with E-state index >= 15 is 0 Å². The number of hydrogen-bond donors (Lipinski definition) is 1. The van der Waals surface area contributed by atoms with Crippen molar-refractivity contribution in [1.29, 1.82) is 0 Å². The second-order valence-electron chi connectivity index (χ2n) is 4.13. The summed E-state index contributed by atoms with van der Waals surface area (Å²) in [5.74, 6) is 0.595. The molecule has 0 aromatic heterocycles. The third-order valence-electron chi connectivity index (χ3n) is 2.72. The van der Waals surface area contributed by atoms with Crippen LogP contribution in [0.3, 0.4) is 0 Å². The number of rotatable bonds is 4. The summed E-state index contributed by atoms with van der Waals surface area (Å²) in [6.45, 7) is 0. The maximum atomic E-state index is 12.7. The minimum absolute atomic E-state index is 0.0798. The number of allylic oxidation sites excluding steroid dienone is 1. The maximum absolute atomic E-state index is 12.7. The molecule has 1 heterocycles. The fraction of sp³-hybridized carbons (Fsp3) is 0.308. The van der Waals surface area contributed by atoms with Crippen molar-refractivity contribution in [1.82, 2.24) is 0 Å². The van der Waals surface area contributed by atoms with Crippen LogP contribution < -0.4 is 0 Å². The van der Waals surface area contributed by atoms with Gasteiger partial charge in [0.2, 0.25) is 0 Å². The fourth-order valence-corrected chi connectivity index (χ4v) is 2.02. The molecule has 0 saturated heterocycles. The highest BCUT2D eigenvalue weighted by Gasteiger charge is 2.19. The summed E-state index contributed by atoms with van der Waals surface area (Å²) in [5, 5.41) is 11.5. The SMILES string of the molecule is O/N=C(\Cl)CC1CC=C(Cc2ccc(F)cc2)O1. The predicted molar refractivity (Wildman–Crippen MR) is 67.4 cm³/mol. The van der Waals surface area contributed by atoms with Crippen LogP contribution in [-0.2, 0) is 11.2 Å². The third kappa shape index (κ3) is 3.47. The average molecular weight is 270 g/mol. The van der Waals surface area contributed by atoms with Gasteiger partial charge in [0.05, 0.1) is 5.76 Å². The zero-order chi connectivity index (χ0) is 13.0. The summed E-state index contributed by atoms with van der Waals surface area (Å²) in [6, 6.07) is 6.32. The molecule has 5 heteroatoms. The average Bonchev–Trinajstić information content (AvgIpc) is 2.79. The molecule has 2 rings (SSSR count). The van der Waals surface area contributed by atoms with E-state index in [4.69, 9.17) is 21.5 Å².